The minimum Gasteiger partial charge on any atom is -0.354 e. The summed E-state index contributed by atoms with van der Waals surface area (Å²) >= 11 is 0. The molecule has 2 atom stereocenters. The van der Waals surface area contributed by atoms with Gasteiger partial charge in [0.05, 0.1) is 0 Å². The lowest BCUT2D eigenvalue weighted by Gasteiger charge is -2.11. The molecule has 0 aromatic rings. The van der Waals surface area contributed by atoms with E-state index in [4.69, 9.17) is 5.73 Å². The highest BCUT2D eigenvalue weighted by atomic mass is 16.2. The summed E-state index contributed by atoms with van der Waals surface area (Å²) in [5, 5.41) is 5.63. The van der Waals surface area contributed by atoms with Crippen LogP contribution in [0.3, 0.4) is 0 Å². The normalized spacial score (nSPS) is 21.6. The van der Waals surface area contributed by atoms with Crippen LogP contribution in [0, 0.1) is 0 Å². The van der Waals surface area contributed by atoms with Crippen LogP contribution < -0.4 is 16.4 Å². The van der Waals surface area contributed by atoms with Gasteiger partial charge in [0.1, 0.15) is 0 Å². The summed E-state index contributed by atoms with van der Waals surface area (Å²) in [6.07, 6.45) is 3.60. The van der Waals surface area contributed by atoms with Gasteiger partial charge in [-0.1, -0.05) is 0 Å². The number of hydrogen-bond acceptors (Lipinski definition) is 3. The van der Waals surface area contributed by atoms with Crippen LogP contribution in [0.25, 0.3) is 0 Å². The van der Waals surface area contributed by atoms with Crippen LogP contribution in [0.1, 0.15) is 39.0 Å². The SMILES string of the molecule is CC(N)CCCC(=O)NCC1CCC(=O)N1. The predicted octanol–water partition coefficient (Wildman–Crippen LogP) is -0.101. The number of carbonyl (C=O) groups excluding carboxylic acids is 2. The number of carbonyl (C=O) groups is 2. The minimum absolute atomic E-state index is 0.0433. The first kappa shape index (κ1) is 13.0. The summed E-state index contributed by atoms with van der Waals surface area (Å²) in [5.74, 6) is 0.123. The third kappa shape index (κ3) is 5.11. The molecule has 2 amide bonds. The monoisotopic (exact) mass is 227 g/mol. The molecule has 1 aliphatic heterocycles. The summed E-state index contributed by atoms with van der Waals surface area (Å²) < 4.78 is 0. The number of nitrogens with two attached hydrogens (primary N) is 1. The molecule has 0 spiro atoms. The van der Waals surface area contributed by atoms with Crippen molar-refractivity contribution in [1.82, 2.24) is 10.6 Å². The maximum atomic E-state index is 11.4. The molecule has 0 bridgehead atoms. The summed E-state index contributed by atoms with van der Waals surface area (Å²) in [4.78, 5) is 22.3. The van der Waals surface area contributed by atoms with Gasteiger partial charge in [-0.15, -0.1) is 0 Å². The van der Waals surface area contributed by atoms with Crippen LogP contribution in [0.4, 0.5) is 0 Å². The van der Waals surface area contributed by atoms with Crippen LogP contribution >= 0.6 is 0 Å². The van der Waals surface area contributed by atoms with Gasteiger partial charge in [-0.25, -0.2) is 0 Å². The lowest BCUT2D eigenvalue weighted by atomic mass is 10.1. The Morgan fingerprint density at radius 1 is 1.69 bits per heavy atom. The quantitative estimate of drug-likeness (QED) is 0.592. The van der Waals surface area contributed by atoms with Gasteiger partial charge in [0.25, 0.3) is 0 Å². The van der Waals surface area contributed by atoms with Crippen molar-refractivity contribution in [1.29, 1.82) is 0 Å². The second-order valence-electron chi connectivity index (χ2n) is 4.48. The fourth-order valence-corrected chi connectivity index (χ4v) is 1.74. The molecule has 1 aliphatic rings. The summed E-state index contributed by atoms with van der Waals surface area (Å²) in [7, 11) is 0. The molecule has 4 N–H and O–H groups in total. The van der Waals surface area contributed by atoms with Gasteiger partial charge in [-0.05, 0) is 26.2 Å². The maximum Gasteiger partial charge on any atom is 0.220 e. The van der Waals surface area contributed by atoms with Crippen molar-refractivity contribution < 1.29 is 9.59 Å². The highest BCUT2D eigenvalue weighted by Gasteiger charge is 2.20. The van der Waals surface area contributed by atoms with Crippen LogP contribution in [-0.4, -0.2) is 30.4 Å². The van der Waals surface area contributed by atoms with E-state index in [1.165, 1.54) is 0 Å². The van der Waals surface area contributed by atoms with E-state index in [0.717, 1.165) is 19.3 Å². The lowest BCUT2D eigenvalue weighted by molar-refractivity contribution is -0.122. The zero-order valence-electron chi connectivity index (χ0n) is 9.79. The van der Waals surface area contributed by atoms with Crippen molar-refractivity contribution in [2.75, 3.05) is 6.54 Å². The van der Waals surface area contributed by atoms with Gasteiger partial charge in [0.2, 0.25) is 11.8 Å². The van der Waals surface area contributed by atoms with Crippen molar-refractivity contribution in [3.8, 4) is 0 Å². The second kappa shape index (κ2) is 6.48. The zero-order chi connectivity index (χ0) is 12.0. The zero-order valence-corrected chi connectivity index (χ0v) is 9.79. The molecule has 16 heavy (non-hydrogen) atoms. The van der Waals surface area contributed by atoms with E-state index in [1.54, 1.807) is 0 Å². The Kier molecular flexibility index (Phi) is 5.25. The summed E-state index contributed by atoms with van der Waals surface area (Å²) in [6, 6.07) is 0.270. The van der Waals surface area contributed by atoms with Crippen molar-refractivity contribution in [2.45, 2.75) is 51.1 Å². The molecule has 1 saturated heterocycles. The van der Waals surface area contributed by atoms with Gasteiger partial charge in [-0.3, -0.25) is 9.59 Å². The summed E-state index contributed by atoms with van der Waals surface area (Å²) in [5.41, 5.74) is 5.59. The Morgan fingerprint density at radius 3 is 3.00 bits per heavy atom. The largest absolute Gasteiger partial charge is 0.354 e. The summed E-state index contributed by atoms with van der Waals surface area (Å²) in [6.45, 7) is 2.48. The third-order valence-corrected chi connectivity index (χ3v) is 2.69. The van der Waals surface area contributed by atoms with Crippen LogP contribution in [0.2, 0.25) is 0 Å². The van der Waals surface area contributed by atoms with Crippen LogP contribution in [-0.2, 0) is 9.59 Å². The number of amides is 2. The van der Waals surface area contributed by atoms with E-state index in [9.17, 15) is 9.59 Å². The Labute approximate surface area is 96.1 Å². The van der Waals surface area contributed by atoms with Gasteiger partial charge in [-0.2, -0.15) is 0 Å². The lowest BCUT2D eigenvalue weighted by Crippen LogP contribution is -2.38. The van der Waals surface area contributed by atoms with E-state index in [2.05, 4.69) is 10.6 Å². The van der Waals surface area contributed by atoms with Crippen molar-refractivity contribution in [2.24, 2.45) is 5.73 Å². The molecule has 0 saturated carbocycles. The van der Waals surface area contributed by atoms with E-state index >= 15 is 0 Å². The third-order valence-electron chi connectivity index (χ3n) is 2.69. The fourth-order valence-electron chi connectivity index (χ4n) is 1.74. The smallest absolute Gasteiger partial charge is 0.220 e. The first-order chi connectivity index (χ1) is 7.58. The highest BCUT2D eigenvalue weighted by Crippen LogP contribution is 2.05. The van der Waals surface area contributed by atoms with Crippen LogP contribution in [0.15, 0.2) is 0 Å². The molecule has 92 valence electrons. The molecule has 0 aromatic heterocycles. The molecule has 5 heteroatoms. The van der Waals surface area contributed by atoms with Crippen molar-refractivity contribution in [3.05, 3.63) is 0 Å². The standard InChI is InChI=1S/C11H21N3O2/c1-8(12)3-2-4-10(15)13-7-9-5-6-11(16)14-9/h8-9H,2-7,12H2,1H3,(H,13,15)(H,14,16). The number of rotatable bonds is 6. The van der Waals surface area contributed by atoms with Gasteiger partial charge in [0.15, 0.2) is 0 Å². The van der Waals surface area contributed by atoms with Gasteiger partial charge in [0, 0.05) is 31.5 Å². The average Bonchev–Trinajstić information content (AvgIpc) is 2.61. The Morgan fingerprint density at radius 2 is 2.44 bits per heavy atom. The van der Waals surface area contributed by atoms with E-state index in [1.807, 2.05) is 6.92 Å². The first-order valence-electron chi connectivity index (χ1n) is 5.89. The molecule has 0 aliphatic carbocycles. The van der Waals surface area contributed by atoms with E-state index < -0.39 is 0 Å². The molecular formula is C11H21N3O2. The second-order valence-corrected chi connectivity index (χ2v) is 4.48. The molecule has 0 radical (unpaired) electrons. The Bertz CT molecular complexity index is 254. The number of nitrogens with one attached hydrogen (secondary N) is 2. The first-order valence-corrected chi connectivity index (χ1v) is 5.89. The average molecular weight is 227 g/mol. The highest BCUT2D eigenvalue weighted by molar-refractivity contribution is 5.79. The molecule has 0 aromatic carbocycles. The molecule has 2 unspecified atom stereocenters. The predicted molar refractivity (Wildman–Crippen MR) is 61.7 cm³/mol. The van der Waals surface area contributed by atoms with Crippen LogP contribution in [0.5, 0.6) is 0 Å². The Hall–Kier alpha value is -1.10. The molecule has 1 heterocycles. The van der Waals surface area contributed by atoms with Gasteiger partial charge >= 0.3 is 0 Å². The maximum absolute atomic E-state index is 11.4. The van der Waals surface area contributed by atoms with Crippen molar-refractivity contribution in [3.63, 3.8) is 0 Å². The van der Waals surface area contributed by atoms with E-state index in [-0.39, 0.29) is 23.9 Å². The molecule has 1 fully saturated rings. The molecular weight excluding hydrogens is 206 g/mol. The fraction of sp³-hybridized carbons (Fsp3) is 0.818. The van der Waals surface area contributed by atoms with Crippen molar-refractivity contribution >= 4 is 11.8 Å². The Balaban J connectivity index is 2.04. The van der Waals surface area contributed by atoms with Gasteiger partial charge < -0.3 is 16.4 Å². The number of hydrogen-bond donors (Lipinski definition) is 3. The topological polar surface area (TPSA) is 84.2 Å². The van der Waals surface area contributed by atoms with E-state index in [0.29, 0.717) is 19.4 Å². The minimum atomic E-state index is 0.0433. The molecule has 1 rings (SSSR count). The molecule has 5 nitrogen and oxygen atoms in total.